The number of aromatic nitrogens is 1. The van der Waals surface area contributed by atoms with Gasteiger partial charge in [0.1, 0.15) is 6.04 Å². The SMILES string of the molecule is CN(C)C(C(=O)NC1CCCCC1)c1cccnc1. The van der Waals surface area contributed by atoms with Crippen LogP contribution in [0.1, 0.15) is 43.7 Å². The van der Waals surface area contributed by atoms with Gasteiger partial charge < -0.3 is 5.32 Å². The number of hydrogen-bond acceptors (Lipinski definition) is 3. The first-order valence-electron chi connectivity index (χ1n) is 7.05. The summed E-state index contributed by atoms with van der Waals surface area (Å²) in [6, 6.07) is 3.92. The zero-order valence-electron chi connectivity index (χ0n) is 11.8. The fourth-order valence-electron chi connectivity index (χ4n) is 2.75. The van der Waals surface area contributed by atoms with Gasteiger partial charge in [-0.05, 0) is 38.6 Å². The molecule has 0 aliphatic heterocycles. The summed E-state index contributed by atoms with van der Waals surface area (Å²) in [6.45, 7) is 0. The zero-order valence-corrected chi connectivity index (χ0v) is 11.8. The number of likely N-dealkylation sites (N-methyl/N-ethyl adjacent to an activating group) is 1. The van der Waals surface area contributed by atoms with Crippen LogP contribution >= 0.6 is 0 Å². The minimum absolute atomic E-state index is 0.0879. The van der Waals surface area contributed by atoms with Crippen molar-refractivity contribution in [1.29, 1.82) is 0 Å². The van der Waals surface area contributed by atoms with Gasteiger partial charge in [0.05, 0.1) is 0 Å². The molecule has 1 saturated carbocycles. The van der Waals surface area contributed by atoms with Gasteiger partial charge in [-0.25, -0.2) is 0 Å². The van der Waals surface area contributed by atoms with E-state index in [9.17, 15) is 4.79 Å². The molecule has 1 fully saturated rings. The third-order valence-corrected chi connectivity index (χ3v) is 3.72. The molecule has 1 amide bonds. The second-order valence-corrected chi connectivity index (χ2v) is 5.50. The molecule has 1 aliphatic rings. The maximum Gasteiger partial charge on any atom is 0.242 e. The molecule has 19 heavy (non-hydrogen) atoms. The summed E-state index contributed by atoms with van der Waals surface area (Å²) in [5.41, 5.74) is 0.945. The normalized spacial score (nSPS) is 18.3. The third-order valence-electron chi connectivity index (χ3n) is 3.72. The Morgan fingerprint density at radius 1 is 1.37 bits per heavy atom. The lowest BCUT2D eigenvalue weighted by Crippen LogP contribution is -2.43. The quantitative estimate of drug-likeness (QED) is 0.903. The van der Waals surface area contributed by atoms with E-state index in [-0.39, 0.29) is 11.9 Å². The Bertz CT molecular complexity index is 399. The molecular formula is C15H23N3O. The Balaban J connectivity index is 2.04. The van der Waals surface area contributed by atoms with Crippen LogP contribution in [-0.2, 0) is 4.79 Å². The van der Waals surface area contributed by atoms with Gasteiger partial charge >= 0.3 is 0 Å². The molecule has 104 valence electrons. The van der Waals surface area contributed by atoms with Gasteiger partial charge in [-0.2, -0.15) is 0 Å². The predicted molar refractivity (Wildman–Crippen MR) is 75.7 cm³/mol. The van der Waals surface area contributed by atoms with E-state index in [0.29, 0.717) is 6.04 Å². The van der Waals surface area contributed by atoms with Crippen molar-refractivity contribution >= 4 is 5.91 Å². The van der Waals surface area contributed by atoms with Crippen molar-refractivity contribution in [3.63, 3.8) is 0 Å². The predicted octanol–water partition coefficient (Wildman–Crippen LogP) is 2.13. The van der Waals surface area contributed by atoms with Gasteiger partial charge in [0, 0.05) is 18.4 Å². The monoisotopic (exact) mass is 261 g/mol. The fraction of sp³-hybridized carbons (Fsp3) is 0.600. The summed E-state index contributed by atoms with van der Waals surface area (Å²) in [5.74, 6) is 0.0879. The second-order valence-electron chi connectivity index (χ2n) is 5.50. The number of pyridine rings is 1. The van der Waals surface area contributed by atoms with E-state index >= 15 is 0 Å². The molecule has 1 aliphatic carbocycles. The van der Waals surface area contributed by atoms with Gasteiger partial charge in [0.15, 0.2) is 0 Å². The van der Waals surface area contributed by atoms with E-state index in [4.69, 9.17) is 0 Å². The standard InChI is InChI=1S/C15H23N3O/c1-18(2)14(12-7-6-10-16-11-12)15(19)17-13-8-4-3-5-9-13/h6-7,10-11,13-14H,3-5,8-9H2,1-2H3,(H,17,19). The highest BCUT2D eigenvalue weighted by Gasteiger charge is 2.25. The van der Waals surface area contributed by atoms with Crippen LogP contribution < -0.4 is 5.32 Å². The maximum atomic E-state index is 12.5. The molecule has 0 bridgehead atoms. The first-order chi connectivity index (χ1) is 9.18. The number of amides is 1. The summed E-state index contributed by atoms with van der Waals surface area (Å²) in [5, 5.41) is 3.19. The molecule has 0 spiro atoms. The zero-order chi connectivity index (χ0) is 13.7. The number of carbonyl (C=O) groups excluding carboxylic acids is 1. The summed E-state index contributed by atoms with van der Waals surface area (Å²) >= 11 is 0. The molecule has 1 N–H and O–H groups in total. The summed E-state index contributed by atoms with van der Waals surface area (Å²) < 4.78 is 0. The number of rotatable bonds is 4. The van der Waals surface area contributed by atoms with E-state index in [2.05, 4.69) is 10.3 Å². The summed E-state index contributed by atoms with van der Waals surface area (Å²) in [4.78, 5) is 18.5. The highest BCUT2D eigenvalue weighted by Crippen LogP contribution is 2.21. The molecule has 1 unspecified atom stereocenters. The fourth-order valence-corrected chi connectivity index (χ4v) is 2.75. The van der Waals surface area contributed by atoms with Crippen LogP contribution in [0.15, 0.2) is 24.5 Å². The maximum absolute atomic E-state index is 12.5. The molecular weight excluding hydrogens is 238 g/mol. The summed E-state index contributed by atoms with van der Waals surface area (Å²) in [6.07, 6.45) is 9.47. The Labute approximate surface area is 115 Å². The topological polar surface area (TPSA) is 45.2 Å². The lowest BCUT2D eigenvalue weighted by Gasteiger charge is -2.28. The highest BCUT2D eigenvalue weighted by molar-refractivity contribution is 5.83. The van der Waals surface area contributed by atoms with E-state index in [1.54, 1.807) is 12.4 Å². The van der Waals surface area contributed by atoms with Crippen LogP contribution in [0, 0.1) is 0 Å². The molecule has 0 radical (unpaired) electrons. The van der Waals surface area contributed by atoms with Crippen molar-refractivity contribution in [3.05, 3.63) is 30.1 Å². The van der Waals surface area contributed by atoms with Crippen molar-refractivity contribution in [3.8, 4) is 0 Å². The van der Waals surface area contributed by atoms with E-state index in [0.717, 1.165) is 18.4 Å². The van der Waals surface area contributed by atoms with Crippen LogP contribution in [0.25, 0.3) is 0 Å². The van der Waals surface area contributed by atoms with Crippen LogP contribution in [0.4, 0.5) is 0 Å². The first kappa shape index (κ1) is 14.0. The average Bonchev–Trinajstić information content (AvgIpc) is 2.40. The minimum atomic E-state index is -0.254. The third kappa shape index (κ3) is 3.77. The average molecular weight is 261 g/mol. The Hall–Kier alpha value is -1.42. The highest BCUT2D eigenvalue weighted by atomic mass is 16.2. The number of carbonyl (C=O) groups is 1. The van der Waals surface area contributed by atoms with E-state index < -0.39 is 0 Å². The largest absolute Gasteiger partial charge is 0.352 e. The van der Waals surface area contributed by atoms with Crippen molar-refractivity contribution in [2.24, 2.45) is 0 Å². The van der Waals surface area contributed by atoms with Crippen molar-refractivity contribution < 1.29 is 4.79 Å². The number of hydrogen-bond donors (Lipinski definition) is 1. The smallest absolute Gasteiger partial charge is 0.242 e. The molecule has 0 saturated heterocycles. The van der Waals surface area contributed by atoms with Gasteiger partial charge in [0.2, 0.25) is 5.91 Å². The van der Waals surface area contributed by atoms with Crippen LogP contribution in [0.2, 0.25) is 0 Å². The Morgan fingerprint density at radius 2 is 2.11 bits per heavy atom. The van der Waals surface area contributed by atoms with Gasteiger partial charge in [-0.3, -0.25) is 14.7 Å². The minimum Gasteiger partial charge on any atom is -0.352 e. The van der Waals surface area contributed by atoms with Crippen molar-refractivity contribution in [1.82, 2.24) is 15.2 Å². The molecule has 2 rings (SSSR count). The second kappa shape index (κ2) is 6.66. The van der Waals surface area contributed by atoms with Crippen molar-refractivity contribution in [2.75, 3.05) is 14.1 Å². The molecule has 1 atom stereocenters. The van der Waals surface area contributed by atoms with Crippen LogP contribution in [0.3, 0.4) is 0 Å². The molecule has 4 heteroatoms. The summed E-state index contributed by atoms with van der Waals surface area (Å²) in [7, 11) is 3.86. The molecule has 1 aromatic rings. The molecule has 1 aromatic heterocycles. The molecule has 0 aromatic carbocycles. The van der Waals surface area contributed by atoms with Gasteiger partial charge in [0.25, 0.3) is 0 Å². The number of nitrogens with zero attached hydrogens (tertiary/aromatic N) is 2. The van der Waals surface area contributed by atoms with E-state index in [1.807, 2.05) is 31.1 Å². The molecule has 1 heterocycles. The number of nitrogens with one attached hydrogen (secondary N) is 1. The van der Waals surface area contributed by atoms with Crippen LogP contribution in [-0.4, -0.2) is 35.9 Å². The van der Waals surface area contributed by atoms with Gasteiger partial charge in [-0.15, -0.1) is 0 Å². The van der Waals surface area contributed by atoms with Crippen LogP contribution in [0.5, 0.6) is 0 Å². The molecule has 4 nitrogen and oxygen atoms in total. The van der Waals surface area contributed by atoms with Gasteiger partial charge in [-0.1, -0.05) is 25.3 Å². The van der Waals surface area contributed by atoms with E-state index in [1.165, 1.54) is 19.3 Å². The van der Waals surface area contributed by atoms with Crippen molar-refractivity contribution in [2.45, 2.75) is 44.2 Å². The lowest BCUT2D eigenvalue weighted by atomic mass is 9.95. The first-order valence-corrected chi connectivity index (χ1v) is 7.05. The Morgan fingerprint density at radius 3 is 2.68 bits per heavy atom. The Kier molecular flexibility index (Phi) is 4.91. The lowest BCUT2D eigenvalue weighted by molar-refractivity contribution is -0.126.